The number of hydrogen-bond donors (Lipinski definition) is 1. The predicted octanol–water partition coefficient (Wildman–Crippen LogP) is 5.50. The Kier molecular flexibility index (Phi) is 8.06. The van der Waals surface area contributed by atoms with Crippen LogP contribution in [0.2, 0.25) is 10.0 Å². The molecule has 0 fully saturated rings. The minimum Gasteiger partial charge on any atom is -0.483 e. The van der Waals surface area contributed by atoms with Crippen LogP contribution in [0.1, 0.15) is 15.9 Å². The number of hydrogen-bond acceptors (Lipinski definition) is 5. The molecule has 0 saturated heterocycles. The van der Waals surface area contributed by atoms with E-state index < -0.39 is 11.9 Å². The van der Waals surface area contributed by atoms with Gasteiger partial charge in [0.1, 0.15) is 11.5 Å². The molecular weight excluding hydrogens is 507 g/mol. The van der Waals surface area contributed by atoms with Crippen LogP contribution in [-0.4, -0.2) is 24.7 Å². The lowest BCUT2D eigenvalue weighted by Crippen LogP contribution is -2.24. The molecule has 31 heavy (non-hydrogen) atoms. The number of carbonyl (C=O) groups is 2. The Balaban J connectivity index is 1.53. The largest absolute Gasteiger partial charge is 0.483 e. The number of nitrogens with one attached hydrogen (secondary N) is 1. The Bertz CT molecular complexity index is 1140. The van der Waals surface area contributed by atoms with Gasteiger partial charge in [-0.2, -0.15) is 5.10 Å². The Morgan fingerprint density at radius 1 is 1.03 bits per heavy atom. The van der Waals surface area contributed by atoms with Gasteiger partial charge in [-0.1, -0.05) is 47.5 Å². The van der Waals surface area contributed by atoms with Crippen molar-refractivity contribution in [1.82, 2.24) is 5.43 Å². The first-order valence-corrected chi connectivity index (χ1v) is 10.4. The van der Waals surface area contributed by atoms with Gasteiger partial charge in [0.15, 0.2) is 6.61 Å². The van der Waals surface area contributed by atoms with Gasteiger partial charge in [0.2, 0.25) is 0 Å². The Hall–Kier alpha value is -2.87. The van der Waals surface area contributed by atoms with Gasteiger partial charge in [-0.05, 0) is 64.0 Å². The maximum Gasteiger partial charge on any atom is 0.345 e. The van der Waals surface area contributed by atoms with Crippen molar-refractivity contribution in [2.75, 3.05) is 6.61 Å². The molecule has 3 aromatic rings. The molecule has 0 saturated carbocycles. The highest BCUT2D eigenvalue weighted by Crippen LogP contribution is 2.27. The van der Waals surface area contributed by atoms with Crippen molar-refractivity contribution in [2.45, 2.75) is 0 Å². The number of nitrogens with zero attached hydrogens (tertiary/aromatic N) is 1. The number of amides is 1. The minimum atomic E-state index is -0.571. The van der Waals surface area contributed by atoms with Gasteiger partial charge in [0.05, 0.1) is 21.3 Å². The third kappa shape index (κ3) is 6.82. The smallest absolute Gasteiger partial charge is 0.345 e. The van der Waals surface area contributed by atoms with Crippen molar-refractivity contribution in [1.29, 1.82) is 0 Å². The van der Waals surface area contributed by atoms with Crippen LogP contribution in [0.15, 0.2) is 76.3 Å². The summed E-state index contributed by atoms with van der Waals surface area (Å²) in [7, 11) is 0. The average Bonchev–Trinajstić information content (AvgIpc) is 2.73. The lowest BCUT2D eigenvalue weighted by Gasteiger charge is -2.07. The summed E-state index contributed by atoms with van der Waals surface area (Å²) in [5.74, 6) is -0.217. The zero-order chi connectivity index (χ0) is 22.2. The second kappa shape index (κ2) is 10.9. The summed E-state index contributed by atoms with van der Waals surface area (Å²) in [6.45, 7) is -0.229. The molecule has 3 rings (SSSR count). The molecule has 1 amide bonds. The van der Waals surface area contributed by atoms with Crippen LogP contribution in [-0.2, 0) is 4.79 Å². The summed E-state index contributed by atoms with van der Waals surface area (Å²) in [5, 5.41) is 4.74. The molecule has 9 heteroatoms. The molecule has 0 bridgehead atoms. The zero-order valence-corrected chi connectivity index (χ0v) is 18.9. The van der Waals surface area contributed by atoms with Gasteiger partial charge in [-0.3, -0.25) is 4.79 Å². The number of esters is 1. The Morgan fingerprint density at radius 2 is 1.84 bits per heavy atom. The molecule has 158 valence electrons. The second-order valence-corrected chi connectivity index (χ2v) is 7.80. The van der Waals surface area contributed by atoms with Crippen LogP contribution in [0.25, 0.3) is 0 Å². The quantitative estimate of drug-likeness (QED) is 0.192. The van der Waals surface area contributed by atoms with E-state index >= 15 is 0 Å². The van der Waals surface area contributed by atoms with E-state index in [4.69, 9.17) is 32.7 Å². The van der Waals surface area contributed by atoms with Gasteiger partial charge in [-0.15, -0.1) is 0 Å². The fraction of sp³-hybridized carbons (Fsp3) is 0.0455. The van der Waals surface area contributed by atoms with E-state index in [2.05, 4.69) is 26.5 Å². The van der Waals surface area contributed by atoms with Gasteiger partial charge in [0.25, 0.3) is 5.91 Å². The van der Waals surface area contributed by atoms with E-state index in [1.807, 2.05) is 0 Å². The minimum absolute atomic E-state index is 0.229. The summed E-state index contributed by atoms with van der Waals surface area (Å²) < 4.78 is 11.4. The van der Waals surface area contributed by atoms with Crippen molar-refractivity contribution in [3.63, 3.8) is 0 Å². The van der Waals surface area contributed by atoms with Crippen LogP contribution in [0.4, 0.5) is 0 Å². The monoisotopic (exact) mass is 520 g/mol. The molecule has 0 aliphatic carbocycles. The molecule has 6 nitrogen and oxygen atoms in total. The van der Waals surface area contributed by atoms with Crippen molar-refractivity contribution in [3.05, 3.63) is 92.4 Å². The molecule has 0 radical (unpaired) electrons. The molecule has 0 atom stereocenters. The lowest BCUT2D eigenvalue weighted by molar-refractivity contribution is -0.123. The number of halogens is 3. The molecule has 0 aliphatic rings. The first-order chi connectivity index (χ1) is 14.9. The second-order valence-electron chi connectivity index (χ2n) is 6.10. The standard InChI is InChI=1S/C22H15BrCl2N2O4/c23-18-11-15(24)8-9-20(18)30-13-21(28)27-26-12-14-4-3-5-16(10-14)31-22(29)17-6-1-2-7-19(17)25/h1-12H,13H2,(H,27,28). The van der Waals surface area contributed by atoms with Crippen LogP contribution in [0.5, 0.6) is 11.5 Å². The van der Waals surface area contributed by atoms with E-state index in [1.54, 1.807) is 66.7 Å². The number of ether oxygens (including phenoxy) is 2. The SMILES string of the molecule is O=C(COc1ccc(Cl)cc1Br)NN=Cc1cccc(OC(=O)c2ccccc2Cl)c1. The predicted molar refractivity (Wildman–Crippen MR) is 123 cm³/mol. The molecular formula is C22H15BrCl2N2O4. The molecule has 0 aromatic heterocycles. The number of rotatable bonds is 7. The molecule has 1 N–H and O–H groups in total. The average molecular weight is 522 g/mol. The summed E-state index contributed by atoms with van der Waals surface area (Å²) in [4.78, 5) is 24.2. The van der Waals surface area contributed by atoms with Crippen LogP contribution in [0, 0.1) is 0 Å². The van der Waals surface area contributed by atoms with Gasteiger partial charge in [0, 0.05) is 5.02 Å². The highest BCUT2D eigenvalue weighted by molar-refractivity contribution is 9.10. The van der Waals surface area contributed by atoms with Crippen molar-refractivity contribution in [3.8, 4) is 11.5 Å². The Morgan fingerprint density at radius 3 is 2.61 bits per heavy atom. The van der Waals surface area contributed by atoms with E-state index in [0.717, 1.165) is 0 Å². The highest BCUT2D eigenvalue weighted by Gasteiger charge is 2.12. The van der Waals surface area contributed by atoms with Crippen LogP contribution >= 0.6 is 39.1 Å². The summed E-state index contributed by atoms with van der Waals surface area (Å²) in [6.07, 6.45) is 1.42. The van der Waals surface area contributed by atoms with E-state index in [-0.39, 0.29) is 12.2 Å². The number of carbonyl (C=O) groups excluding carboxylic acids is 2. The first-order valence-electron chi connectivity index (χ1n) is 8.89. The highest BCUT2D eigenvalue weighted by atomic mass is 79.9. The van der Waals surface area contributed by atoms with Gasteiger partial charge < -0.3 is 9.47 Å². The first kappa shape index (κ1) is 22.8. The Labute approximate surface area is 196 Å². The summed E-state index contributed by atoms with van der Waals surface area (Å²) >= 11 is 15.2. The fourth-order valence-electron chi connectivity index (χ4n) is 2.39. The van der Waals surface area contributed by atoms with Crippen molar-refractivity contribution >= 4 is 57.2 Å². The molecule has 0 aliphatic heterocycles. The van der Waals surface area contributed by atoms with Crippen LogP contribution in [0.3, 0.4) is 0 Å². The number of benzene rings is 3. The number of hydrazone groups is 1. The van der Waals surface area contributed by atoms with Crippen molar-refractivity contribution in [2.24, 2.45) is 5.10 Å². The molecule has 0 unspecified atom stereocenters. The summed E-state index contributed by atoms with van der Waals surface area (Å²) in [6, 6.07) is 18.3. The third-order valence-electron chi connectivity index (χ3n) is 3.82. The van der Waals surface area contributed by atoms with E-state index in [9.17, 15) is 9.59 Å². The van der Waals surface area contributed by atoms with E-state index in [0.29, 0.717) is 31.6 Å². The normalized spacial score (nSPS) is 10.7. The van der Waals surface area contributed by atoms with Gasteiger partial charge >= 0.3 is 5.97 Å². The van der Waals surface area contributed by atoms with Crippen LogP contribution < -0.4 is 14.9 Å². The maximum absolute atomic E-state index is 12.3. The fourth-order valence-corrected chi connectivity index (χ4v) is 3.40. The van der Waals surface area contributed by atoms with Gasteiger partial charge in [-0.25, -0.2) is 10.2 Å². The van der Waals surface area contributed by atoms with E-state index in [1.165, 1.54) is 6.21 Å². The molecule has 0 heterocycles. The molecule has 3 aromatic carbocycles. The molecule has 0 spiro atoms. The van der Waals surface area contributed by atoms with Crippen molar-refractivity contribution < 1.29 is 19.1 Å². The topological polar surface area (TPSA) is 77.0 Å². The maximum atomic E-state index is 12.3. The summed E-state index contributed by atoms with van der Waals surface area (Å²) in [5.41, 5.74) is 3.25. The lowest BCUT2D eigenvalue weighted by atomic mass is 10.2. The zero-order valence-electron chi connectivity index (χ0n) is 15.8. The third-order valence-corrected chi connectivity index (χ3v) is 5.00.